The third-order valence-electron chi connectivity index (χ3n) is 3.66. The molecule has 0 aliphatic carbocycles. The lowest BCUT2D eigenvalue weighted by Gasteiger charge is -2.09. The van der Waals surface area contributed by atoms with Crippen LogP contribution in [-0.4, -0.2) is 34.0 Å². The fraction of sp³-hybridized carbons (Fsp3) is 0.105. The molecule has 3 rings (SSSR count). The van der Waals surface area contributed by atoms with Crippen molar-refractivity contribution in [2.75, 3.05) is 17.7 Å². The number of nitrogens with zero attached hydrogens (tertiary/aromatic N) is 3. The van der Waals surface area contributed by atoms with Crippen molar-refractivity contribution in [3.05, 3.63) is 65.9 Å². The molecule has 136 valence electrons. The molecule has 3 aromatic rings. The third-order valence-corrected chi connectivity index (χ3v) is 3.66. The number of esters is 1. The van der Waals surface area contributed by atoms with Gasteiger partial charge in [-0.1, -0.05) is 6.07 Å². The van der Waals surface area contributed by atoms with E-state index >= 15 is 0 Å². The number of ketones is 1. The summed E-state index contributed by atoms with van der Waals surface area (Å²) in [6.07, 6.45) is 1.48. The minimum Gasteiger partial charge on any atom is -0.465 e. The Bertz CT molecular complexity index is 973. The first-order valence-electron chi connectivity index (χ1n) is 8.08. The van der Waals surface area contributed by atoms with Gasteiger partial charge in [0.15, 0.2) is 11.6 Å². The molecule has 8 heteroatoms. The summed E-state index contributed by atoms with van der Waals surface area (Å²) < 4.78 is 4.71. The molecular weight excluding hydrogens is 346 g/mol. The molecule has 0 fully saturated rings. The number of hydrogen-bond acceptors (Lipinski definition) is 8. The first-order chi connectivity index (χ1) is 13.0. The fourth-order valence-electron chi connectivity index (χ4n) is 2.32. The maximum atomic E-state index is 11.6. The van der Waals surface area contributed by atoms with Gasteiger partial charge in [0.1, 0.15) is 0 Å². The molecule has 1 aromatic heterocycles. The number of carbonyl (C=O) groups excluding carboxylic acids is 2. The van der Waals surface area contributed by atoms with Crippen LogP contribution < -0.4 is 10.6 Å². The van der Waals surface area contributed by atoms with E-state index < -0.39 is 5.97 Å². The fourth-order valence-corrected chi connectivity index (χ4v) is 2.32. The van der Waals surface area contributed by atoms with Crippen molar-refractivity contribution < 1.29 is 14.3 Å². The number of anilines is 4. The molecule has 0 aliphatic heterocycles. The normalized spacial score (nSPS) is 10.1. The van der Waals surface area contributed by atoms with Crippen LogP contribution in [0.1, 0.15) is 27.6 Å². The second-order valence-electron chi connectivity index (χ2n) is 5.62. The number of benzene rings is 2. The molecule has 0 spiro atoms. The smallest absolute Gasteiger partial charge is 0.337 e. The summed E-state index contributed by atoms with van der Waals surface area (Å²) in [5.41, 5.74) is 2.44. The Morgan fingerprint density at radius 3 is 2.44 bits per heavy atom. The summed E-state index contributed by atoms with van der Waals surface area (Å²) in [6, 6.07) is 13.8. The average molecular weight is 363 g/mol. The van der Waals surface area contributed by atoms with Crippen molar-refractivity contribution >= 4 is 34.9 Å². The topological polar surface area (TPSA) is 106 Å². The zero-order valence-corrected chi connectivity index (χ0v) is 14.8. The SMILES string of the molecule is COC(=O)c1cccc(Nc2nncc(Nc3ccc(C(C)=O)cc3)n2)c1. The van der Waals surface area contributed by atoms with E-state index in [-0.39, 0.29) is 11.7 Å². The minimum atomic E-state index is -0.429. The molecule has 1 heterocycles. The monoisotopic (exact) mass is 363 g/mol. The summed E-state index contributed by atoms with van der Waals surface area (Å²) in [4.78, 5) is 27.3. The van der Waals surface area contributed by atoms with E-state index in [2.05, 4.69) is 25.8 Å². The molecule has 0 atom stereocenters. The molecule has 0 saturated heterocycles. The molecule has 2 aromatic carbocycles. The van der Waals surface area contributed by atoms with Crippen LogP contribution in [0, 0.1) is 0 Å². The first kappa shape index (κ1) is 18.0. The maximum absolute atomic E-state index is 11.6. The van der Waals surface area contributed by atoms with Crippen molar-refractivity contribution in [3.63, 3.8) is 0 Å². The van der Waals surface area contributed by atoms with Crippen LogP contribution in [0.25, 0.3) is 0 Å². The summed E-state index contributed by atoms with van der Waals surface area (Å²) in [5.74, 6) is 0.322. The number of aromatic nitrogens is 3. The predicted molar refractivity (Wildman–Crippen MR) is 101 cm³/mol. The van der Waals surface area contributed by atoms with Crippen LogP contribution in [-0.2, 0) is 4.74 Å². The van der Waals surface area contributed by atoms with E-state index in [9.17, 15) is 9.59 Å². The summed E-state index contributed by atoms with van der Waals surface area (Å²) in [7, 11) is 1.33. The van der Waals surface area contributed by atoms with Gasteiger partial charge in [-0.2, -0.15) is 10.1 Å². The maximum Gasteiger partial charge on any atom is 0.337 e. The van der Waals surface area contributed by atoms with E-state index in [0.29, 0.717) is 22.6 Å². The van der Waals surface area contributed by atoms with Crippen molar-refractivity contribution in [3.8, 4) is 0 Å². The number of methoxy groups -OCH3 is 1. The van der Waals surface area contributed by atoms with Gasteiger partial charge in [0.2, 0.25) is 5.95 Å². The zero-order valence-electron chi connectivity index (χ0n) is 14.8. The number of rotatable bonds is 6. The highest BCUT2D eigenvalue weighted by Gasteiger charge is 2.07. The predicted octanol–water partition coefficient (Wildman–Crippen LogP) is 3.35. The number of nitrogens with one attached hydrogen (secondary N) is 2. The molecule has 8 nitrogen and oxygen atoms in total. The lowest BCUT2D eigenvalue weighted by atomic mass is 10.1. The van der Waals surface area contributed by atoms with Crippen LogP contribution in [0.5, 0.6) is 0 Å². The molecule has 0 amide bonds. The molecule has 2 N–H and O–H groups in total. The summed E-state index contributed by atoms with van der Waals surface area (Å²) in [6.45, 7) is 1.52. The molecule has 0 bridgehead atoms. The van der Waals surface area contributed by atoms with Crippen LogP contribution >= 0.6 is 0 Å². The molecule has 27 heavy (non-hydrogen) atoms. The number of ether oxygens (including phenoxy) is 1. The van der Waals surface area contributed by atoms with E-state index in [1.54, 1.807) is 48.5 Å². The second kappa shape index (κ2) is 8.05. The first-order valence-corrected chi connectivity index (χ1v) is 8.08. The van der Waals surface area contributed by atoms with Gasteiger partial charge in [0.05, 0.1) is 18.9 Å². The van der Waals surface area contributed by atoms with E-state index in [0.717, 1.165) is 5.69 Å². The Kier molecular flexibility index (Phi) is 5.36. The van der Waals surface area contributed by atoms with Crippen LogP contribution in [0.4, 0.5) is 23.1 Å². The largest absolute Gasteiger partial charge is 0.465 e. The lowest BCUT2D eigenvalue weighted by molar-refractivity contribution is 0.0600. The number of Topliss-reactive ketones (excluding diaryl/α,β-unsaturated/α-hetero) is 1. The van der Waals surface area contributed by atoms with Gasteiger partial charge in [-0.15, -0.1) is 5.10 Å². The van der Waals surface area contributed by atoms with Gasteiger partial charge in [0.25, 0.3) is 0 Å². The van der Waals surface area contributed by atoms with E-state index in [1.165, 1.54) is 20.2 Å². The van der Waals surface area contributed by atoms with Crippen molar-refractivity contribution in [1.29, 1.82) is 0 Å². The van der Waals surface area contributed by atoms with Crippen molar-refractivity contribution in [2.24, 2.45) is 0 Å². The van der Waals surface area contributed by atoms with Gasteiger partial charge in [-0.3, -0.25) is 4.79 Å². The quantitative estimate of drug-likeness (QED) is 0.507. The Balaban J connectivity index is 1.74. The highest BCUT2D eigenvalue weighted by Crippen LogP contribution is 2.18. The molecule has 0 saturated carbocycles. The number of carbonyl (C=O) groups is 2. The Hall–Kier alpha value is -3.81. The van der Waals surface area contributed by atoms with Crippen LogP contribution in [0.15, 0.2) is 54.7 Å². The van der Waals surface area contributed by atoms with Crippen LogP contribution in [0.3, 0.4) is 0 Å². The highest BCUT2D eigenvalue weighted by atomic mass is 16.5. The lowest BCUT2D eigenvalue weighted by Crippen LogP contribution is -2.04. The highest BCUT2D eigenvalue weighted by molar-refractivity contribution is 5.94. The Labute approximate surface area is 155 Å². The third kappa shape index (κ3) is 4.63. The average Bonchev–Trinajstić information content (AvgIpc) is 2.68. The van der Waals surface area contributed by atoms with Crippen molar-refractivity contribution in [2.45, 2.75) is 6.92 Å². The Morgan fingerprint density at radius 1 is 0.963 bits per heavy atom. The van der Waals surface area contributed by atoms with E-state index in [4.69, 9.17) is 4.74 Å². The number of hydrogen-bond donors (Lipinski definition) is 2. The summed E-state index contributed by atoms with van der Waals surface area (Å²) >= 11 is 0. The molecule has 0 aliphatic rings. The standard InChI is InChI=1S/C19H17N5O3/c1-12(25)13-6-8-15(9-7-13)21-17-11-20-24-19(23-17)22-16-5-3-4-14(10-16)18(26)27-2/h3-11H,1-2H3,(H2,21,22,23,24). The van der Waals surface area contributed by atoms with Gasteiger partial charge in [-0.05, 0) is 49.4 Å². The zero-order chi connectivity index (χ0) is 19.2. The molecule has 0 unspecified atom stereocenters. The van der Waals surface area contributed by atoms with Gasteiger partial charge < -0.3 is 15.4 Å². The molecule has 0 radical (unpaired) electrons. The van der Waals surface area contributed by atoms with Gasteiger partial charge in [-0.25, -0.2) is 4.79 Å². The molecular formula is C19H17N5O3. The minimum absolute atomic E-state index is 0.00549. The van der Waals surface area contributed by atoms with Crippen molar-refractivity contribution in [1.82, 2.24) is 15.2 Å². The van der Waals surface area contributed by atoms with Crippen LogP contribution in [0.2, 0.25) is 0 Å². The van der Waals surface area contributed by atoms with E-state index in [1.807, 2.05) is 0 Å². The second-order valence-corrected chi connectivity index (χ2v) is 5.62. The van der Waals surface area contributed by atoms with Gasteiger partial charge >= 0.3 is 5.97 Å². The summed E-state index contributed by atoms with van der Waals surface area (Å²) in [5, 5.41) is 13.9. The van der Waals surface area contributed by atoms with Gasteiger partial charge in [0, 0.05) is 16.9 Å². The Morgan fingerprint density at radius 2 is 1.74 bits per heavy atom.